The van der Waals surface area contributed by atoms with Crippen LogP contribution in [0.5, 0.6) is 0 Å². The van der Waals surface area contributed by atoms with Crippen LogP contribution in [0.15, 0.2) is 24.3 Å². The number of rotatable bonds is 2. The Balaban J connectivity index is 2.21. The number of hydrogen-bond donors (Lipinski definition) is 1. The minimum atomic E-state index is -0.522. The summed E-state index contributed by atoms with van der Waals surface area (Å²) in [6, 6.07) is 5.67. The standard InChI is InChI=1S/C12H11ClFN3O/c1-7-5-11(17(2)16-7)12(18)15-8-3-4-10(14)9(13)6-8/h3-6H,1-2H3,(H,15,18). The van der Waals surface area contributed by atoms with Gasteiger partial charge in [-0.2, -0.15) is 5.10 Å². The minimum Gasteiger partial charge on any atom is -0.321 e. The molecule has 0 aliphatic carbocycles. The highest BCUT2D eigenvalue weighted by Crippen LogP contribution is 2.19. The summed E-state index contributed by atoms with van der Waals surface area (Å²) in [7, 11) is 1.68. The van der Waals surface area contributed by atoms with Gasteiger partial charge in [-0.25, -0.2) is 4.39 Å². The molecule has 0 saturated carbocycles. The van der Waals surface area contributed by atoms with E-state index >= 15 is 0 Å². The molecule has 1 aromatic heterocycles. The first kappa shape index (κ1) is 12.6. The fourth-order valence-corrected chi connectivity index (χ4v) is 1.77. The number of benzene rings is 1. The molecule has 0 aliphatic heterocycles. The van der Waals surface area contributed by atoms with Crippen molar-refractivity contribution < 1.29 is 9.18 Å². The number of halogens is 2. The lowest BCUT2D eigenvalue weighted by atomic mass is 10.3. The number of amides is 1. The highest BCUT2D eigenvalue weighted by molar-refractivity contribution is 6.31. The van der Waals surface area contributed by atoms with Gasteiger partial charge in [0.15, 0.2) is 0 Å². The van der Waals surface area contributed by atoms with Crippen LogP contribution >= 0.6 is 11.6 Å². The zero-order valence-electron chi connectivity index (χ0n) is 9.87. The maximum Gasteiger partial charge on any atom is 0.273 e. The number of anilines is 1. The van der Waals surface area contributed by atoms with Crippen molar-refractivity contribution in [3.05, 3.63) is 46.5 Å². The lowest BCUT2D eigenvalue weighted by molar-refractivity contribution is 0.101. The number of nitrogens with one attached hydrogen (secondary N) is 1. The second-order valence-electron chi connectivity index (χ2n) is 3.88. The van der Waals surface area contributed by atoms with E-state index in [-0.39, 0.29) is 10.9 Å². The third kappa shape index (κ3) is 2.51. The molecule has 1 aromatic carbocycles. The molecule has 0 fully saturated rings. The number of carbonyl (C=O) groups excluding carboxylic acids is 1. The lowest BCUT2D eigenvalue weighted by Crippen LogP contribution is -2.16. The summed E-state index contributed by atoms with van der Waals surface area (Å²) in [5, 5.41) is 6.67. The Morgan fingerprint density at radius 2 is 2.17 bits per heavy atom. The predicted molar refractivity (Wildman–Crippen MR) is 67.3 cm³/mol. The Morgan fingerprint density at radius 3 is 2.72 bits per heavy atom. The molecule has 2 aromatic rings. The highest BCUT2D eigenvalue weighted by atomic mass is 35.5. The summed E-state index contributed by atoms with van der Waals surface area (Å²) in [4.78, 5) is 11.9. The van der Waals surface area contributed by atoms with Crippen LogP contribution in [-0.2, 0) is 7.05 Å². The molecule has 0 radical (unpaired) electrons. The molecule has 2 rings (SSSR count). The van der Waals surface area contributed by atoms with Crippen LogP contribution in [0.4, 0.5) is 10.1 Å². The Morgan fingerprint density at radius 1 is 1.44 bits per heavy atom. The summed E-state index contributed by atoms with van der Waals surface area (Å²) < 4.78 is 14.4. The maximum absolute atomic E-state index is 13.0. The topological polar surface area (TPSA) is 46.9 Å². The first-order valence-corrected chi connectivity index (χ1v) is 5.62. The van der Waals surface area contributed by atoms with E-state index in [1.807, 2.05) is 0 Å². The molecular weight excluding hydrogens is 257 g/mol. The van der Waals surface area contributed by atoms with Gasteiger partial charge in [-0.15, -0.1) is 0 Å². The smallest absolute Gasteiger partial charge is 0.273 e. The Kier molecular flexibility index (Phi) is 3.34. The molecule has 6 heteroatoms. The van der Waals surface area contributed by atoms with Gasteiger partial charge in [-0.1, -0.05) is 11.6 Å². The summed E-state index contributed by atoms with van der Waals surface area (Å²) in [5.41, 5.74) is 1.61. The minimum absolute atomic E-state index is 0.0333. The molecule has 0 unspecified atom stereocenters. The summed E-state index contributed by atoms with van der Waals surface area (Å²) in [6.45, 7) is 1.80. The second kappa shape index (κ2) is 4.78. The molecular formula is C12H11ClFN3O. The fraction of sp³-hybridized carbons (Fsp3) is 0.167. The van der Waals surface area contributed by atoms with Gasteiger partial charge in [0.05, 0.1) is 10.7 Å². The number of carbonyl (C=O) groups is 1. The van der Waals surface area contributed by atoms with Gasteiger partial charge in [0.1, 0.15) is 11.5 Å². The monoisotopic (exact) mass is 267 g/mol. The predicted octanol–water partition coefficient (Wildman–Crippen LogP) is 2.77. The first-order chi connectivity index (χ1) is 8.47. The van der Waals surface area contributed by atoms with Gasteiger partial charge in [0.2, 0.25) is 0 Å². The van der Waals surface area contributed by atoms with Crippen molar-refractivity contribution in [2.45, 2.75) is 6.92 Å². The van der Waals surface area contributed by atoms with E-state index in [4.69, 9.17) is 11.6 Å². The Labute approximate surface area is 108 Å². The molecule has 1 N–H and O–H groups in total. The summed E-state index contributed by atoms with van der Waals surface area (Å²) >= 11 is 5.63. The molecule has 0 atom stereocenters. The Hall–Kier alpha value is -1.88. The summed E-state index contributed by atoms with van der Waals surface area (Å²) in [6.07, 6.45) is 0. The molecule has 18 heavy (non-hydrogen) atoms. The van der Waals surface area contributed by atoms with E-state index in [0.29, 0.717) is 11.4 Å². The van der Waals surface area contributed by atoms with E-state index in [9.17, 15) is 9.18 Å². The molecule has 4 nitrogen and oxygen atoms in total. The van der Waals surface area contributed by atoms with Crippen molar-refractivity contribution in [3.8, 4) is 0 Å². The maximum atomic E-state index is 13.0. The molecule has 94 valence electrons. The van der Waals surface area contributed by atoms with Gasteiger partial charge >= 0.3 is 0 Å². The molecule has 0 spiro atoms. The van der Waals surface area contributed by atoms with E-state index in [1.54, 1.807) is 20.0 Å². The van der Waals surface area contributed by atoms with Crippen molar-refractivity contribution >= 4 is 23.2 Å². The van der Waals surface area contributed by atoms with Gasteiger partial charge in [0, 0.05) is 12.7 Å². The van der Waals surface area contributed by atoms with E-state index in [0.717, 1.165) is 5.69 Å². The van der Waals surface area contributed by atoms with Crippen molar-refractivity contribution in [1.29, 1.82) is 0 Å². The number of hydrogen-bond acceptors (Lipinski definition) is 2. The van der Waals surface area contributed by atoms with Crippen LogP contribution in [0.25, 0.3) is 0 Å². The average Bonchev–Trinajstić information content (AvgIpc) is 2.63. The second-order valence-corrected chi connectivity index (χ2v) is 4.28. The third-order valence-corrected chi connectivity index (χ3v) is 2.70. The molecule has 0 aliphatic rings. The van der Waals surface area contributed by atoms with Crippen LogP contribution in [0.2, 0.25) is 5.02 Å². The van der Waals surface area contributed by atoms with Crippen molar-refractivity contribution in [2.75, 3.05) is 5.32 Å². The number of aromatic nitrogens is 2. The van der Waals surface area contributed by atoms with Gasteiger partial charge in [0.25, 0.3) is 5.91 Å². The van der Waals surface area contributed by atoms with Gasteiger partial charge in [-0.3, -0.25) is 9.48 Å². The number of aryl methyl sites for hydroxylation is 2. The van der Waals surface area contributed by atoms with Crippen molar-refractivity contribution in [2.24, 2.45) is 7.05 Å². The molecule has 0 saturated heterocycles. The largest absolute Gasteiger partial charge is 0.321 e. The van der Waals surface area contributed by atoms with E-state index in [1.165, 1.54) is 22.9 Å². The van der Waals surface area contributed by atoms with Crippen LogP contribution in [-0.4, -0.2) is 15.7 Å². The van der Waals surface area contributed by atoms with E-state index in [2.05, 4.69) is 10.4 Å². The van der Waals surface area contributed by atoms with Crippen LogP contribution in [0.3, 0.4) is 0 Å². The first-order valence-electron chi connectivity index (χ1n) is 5.24. The molecule has 1 amide bonds. The molecule has 0 bridgehead atoms. The van der Waals surface area contributed by atoms with Crippen molar-refractivity contribution in [1.82, 2.24) is 9.78 Å². The van der Waals surface area contributed by atoms with Crippen molar-refractivity contribution in [3.63, 3.8) is 0 Å². The van der Waals surface area contributed by atoms with E-state index < -0.39 is 5.82 Å². The van der Waals surface area contributed by atoms with Crippen LogP contribution in [0.1, 0.15) is 16.2 Å². The summed E-state index contributed by atoms with van der Waals surface area (Å²) in [5.74, 6) is -0.841. The van der Waals surface area contributed by atoms with Gasteiger partial charge in [-0.05, 0) is 31.2 Å². The number of nitrogens with zero attached hydrogens (tertiary/aromatic N) is 2. The fourth-order valence-electron chi connectivity index (χ4n) is 1.59. The van der Waals surface area contributed by atoms with Crippen LogP contribution < -0.4 is 5.32 Å². The normalized spacial score (nSPS) is 10.4. The SMILES string of the molecule is Cc1cc(C(=O)Nc2ccc(F)c(Cl)c2)n(C)n1. The average molecular weight is 268 g/mol. The zero-order chi connectivity index (χ0) is 13.3. The zero-order valence-corrected chi connectivity index (χ0v) is 10.6. The quantitative estimate of drug-likeness (QED) is 0.909. The Bertz CT molecular complexity index is 609. The van der Waals surface area contributed by atoms with Crippen LogP contribution in [0, 0.1) is 12.7 Å². The third-order valence-electron chi connectivity index (χ3n) is 2.41. The molecule has 1 heterocycles. The highest BCUT2D eigenvalue weighted by Gasteiger charge is 2.12. The van der Waals surface area contributed by atoms with Gasteiger partial charge < -0.3 is 5.32 Å². The lowest BCUT2D eigenvalue weighted by Gasteiger charge is -2.05.